The van der Waals surface area contributed by atoms with E-state index >= 15 is 0 Å². The van der Waals surface area contributed by atoms with Crippen LogP contribution in [0.25, 0.3) is 16.0 Å². The highest BCUT2D eigenvalue weighted by atomic mass is 32.1. The van der Waals surface area contributed by atoms with Crippen LogP contribution in [0.15, 0.2) is 84.4 Å². The summed E-state index contributed by atoms with van der Waals surface area (Å²) in [6.07, 6.45) is 3.94. The van der Waals surface area contributed by atoms with Gasteiger partial charge in [0.2, 0.25) is 11.8 Å². The van der Waals surface area contributed by atoms with Gasteiger partial charge in [-0.25, -0.2) is 4.98 Å². The smallest absolute Gasteiger partial charge is 0.303 e. The Bertz CT molecular complexity index is 1720. The molecule has 1 amide bonds. The SMILES string of the molecule is CC(C)(CC1=CCc2c(Oc3ccc(C(N)=O)cn3)cccc21)NC[C@H](O)COc1ccccc1-c1cccs1.O=C(O)CCC(=O)O. The van der Waals surface area contributed by atoms with Gasteiger partial charge >= 0.3 is 11.9 Å². The number of fused-ring (bicyclic) bond motifs is 1. The molecule has 1 atom stereocenters. The Balaban J connectivity index is 0.000000579. The number of aliphatic hydroxyl groups excluding tert-OH is 1. The first-order chi connectivity index (χ1) is 22.9. The average molecular weight is 674 g/mol. The van der Waals surface area contributed by atoms with Crippen molar-refractivity contribution >= 4 is 34.8 Å². The van der Waals surface area contributed by atoms with E-state index in [9.17, 15) is 19.5 Å². The third kappa shape index (κ3) is 10.5. The number of nitrogens with zero attached hydrogens (tertiary/aromatic N) is 1. The molecule has 5 rings (SSSR count). The molecule has 48 heavy (non-hydrogen) atoms. The minimum Gasteiger partial charge on any atom is -0.490 e. The van der Waals surface area contributed by atoms with Crippen molar-refractivity contribution in [2.45, 2.75) is 51.2 Å². The Morgan fingerprint density at radius 1 is 0.958 bits per heavy atom. The molecule has 1 aliphatic carbocycles. The predicted molar refractivity (Wildman–Crippen MR) is 183 cm³/mol. The van der Waals surface area contributed by atoms with Crippen molar-refractivity contribution in [1.82, 2.24) is 10.3 Å². The minimum atomic E-state index is -1.08. The lowest BCUT2D eigenvalue weighted by molar-refractivity contribution is -0.143. The number of aromatic nitrogens is 1. The molecule has 0 radical (unpaired) electrons. The van der Waals surface area contributed by atoms with E-state index in [-0.39, 0.29) is 25.0 Å². The normalized spacial score (nSPS) is 12.6. The number of aliphatic hydroxyl groups is 1. The van der Waals surface area contributed by atoms with Gasteiger partial charge in [-0.3, -0.25) is 14.4 Å². The lowest BCUT2D eigenvalue weighted by Crippen LogP contribution is -2.44. The number of carboxylic acid groups (broad SMARTS) is 2. The predicted octanol–water partition coefficient (Wildman–Crippen LogP) is 5.77. The molecule has 2 aromatic heterocycles. The van der Waals surface area contributed by atoms with Crippen molar-refractivity contribution in [3.8, 4) is 27.8 Å². The van der Waals surface area contributed by atoms with Crippen LogP contribution in [-0.4, -0.2) is 62.9 Å². The molecule has 1 aliphatic rings. The van der Waals surface area contributed by atoms with Crippen LogP contribution < -0.4 is 20.5 Å². The number of carbonyl (C=O) groups excluding carboxylic acids is 1. The van der Waals surface area contributed by atoms with E-state index in [0.717, 1.165) is 45.9 Å². The second-order valence-corrected chi connectivity index (χ2v) is 12.7. The summed E-state index contributed by atoms with van der Waals surface area (Å²) in [7, 11) is 0. The van der Waals surface area contributed by atoms with Crippen LogP contribution in [0.1, 0.15) is 54.6 Å². The third-order valence-corrected chi connectivity index (χ3v) is 8.28. The van der Waals surface area contributed by atoms with Gasteiger partial charge in [0.1, 0.15) is 24.2 Å². The Morgan fingerprint density at radius 2 is 1.67 bits per heavy atom. The van der Waals surface area contributed by atoms with Crippen molar-refractivity contribution in [2.75, 3.05) is 13.2 Å². The lowest BCUT2D eigenvalue weighted by atomic mass is 9.91. The first-order valence-electron chi connectivity index (χ1n) is 15.3. The van der Waals surface area contributed by atoms with Crippen molar-refractivity contribution in [1.29, 1.82) is 0 Å². The van der Waals surface area contributed by atoms with Gasteiger partial charge in [-0.1, -0.05) is 36.4 Å². The maximum Gasteiger partial charge on any atom is 0.303 e. The zero-order valence-corrected chi connectivity index (χ0v) is 27.5. The standard InChI is InChI=1S/C32H33N3O4S.C4H6O4/c1-32(2,35-19-23(36)20-38-27-9-4-3-7-26(27)29-11-6-16-40-29)17-21-12-14-25-24(21)8-5-10-28(25)39-30-15-13-22(18-34-30)31(33)37;5-3(6)1-2-4(7)8/h3-13,15-16,18,23,35-36H,14,17,19-20H2,1-2H3,(H2,33,37);1-2H2,(H,5,6)(H,7,8)/t23-;/m0./s1. The van der Waals surface area contributed by atoms with E-state index in [2.05, 4.69) is 42.4 Å². The van der Waals surface area contributed by atoms with E-state index in [1.165, 1.54) is 11.8 Å². The number of pyridine rings is 1. The number of ether oxygens (including phenoxy) is 2. The largest absolute Gasteiger partial charge is 0.490 e. The van der Waals surface area contributed by atoms with Gasteiger partial charge in [-0.15, -0.1) is 11.3 Å². The Labute approximate surface area is 282 Å². The molecule has 0 saturated heterocycles. The maximum atomic E-state index is 11.3. The van der Waals surface area contributed by atoms with E-state index in [1.807, 2.05) is 47.8 Å². The second kappa shape index (κ2) is 16.7. The zero-order chi connectivity index (χ0) is 34.7. The number of hydrogen-bond donors (Lipinski definition) is 5. The van der Waals surface area contributed by atoms with E-state index in [4.69, 9.17) is 25.4 Å². The summed E-state index contributed by atoms with van der Waals surface area (Å²) >= 11 is 1.66. The number of nitrogens with one attached hydrogen (secondary N) is 1. The number of aliphatic carboxylic acids is 2. The van der Waals surface area contributed by atoms with Crippen molar-refractivity contribution in [2.24, 2.45) is 5.73 Å². The summed E-state index contributed by atoms with van der Waals surface area (Å²) in [5.41, 5.74) is 9.90. The quantitative estimate of drug-likeness (QED) is 0.104. The average Bonchev–Trinajstić information content (AvgIpc) is 3.74. The molecule has 0 spiro atoms. The van der Waals surface area contributed by atoms with Crippen LogP contribution >= 0.6 is 11.3 Å². The summed E-state index contributed by atoms with van der Waals surface area (Å²) in [6, 6.07) is 21.3. The van der Waals surface area contributed by atoms with Crippen LogP contribution in [0.4, 0.5) is 0 Å². The minimum absolute atomic E-state index is 0.201. The van der Waals surface area contributed by atoms with Gasteiger partial charge in [0.25, 0.3) is 0 Å². The van der Waals surface area contributed by atoms with Crippen LogP contribution in [0.5, 0.6) is 17.4 Å². The monoisotopic (exact) mass is 673 g/mol. The fourth-order valence-corrected chi connectivity index (χ4v) is 5.75. The topological polar surface area (TPSA) is 181 Å². The molecule has 2 heterocycles. The molecule has 0 saturated carbocycles. The molecule has 11 nitrogen and oxygen atoms in total. The van der Waals surface area contributed by atoms with E-state index in [1.54, 1.807) is 23.5 Å². The molecule has 12 heteroatoms. The number of allylic oxidation sites excluding steroid dienone is 1. The van der Waals surface area contributed by atoms with Crippen molar-refractivity contribution in [3.05, 3.63) is 101 Å². The van der Waals surface area contributed by atoms with Gasteiger partial charge in [0, 0.05) is 40.4 Å². The van der Waals surface area contributed by atoms with Crippen LogP contribution in [0.3, 0.4) is 0 Å². The van der Waals surface area contributed by atoms with Crippen LogP contribution in [0.2, 0.25) is 0 Å². The summed E-state index contributed by atoms with van der Waals surface area (Å²) in [4.78, 5) is 35.9. The molecule has 2 aromatic carbocycles. The number of amides is 1. The number of rotatable bonds is 15. The third-order valence-electron chi connectivity index (χ3n) is 7.37. The number of hydrogen-bond acceptors (Lipinski definition) is 9. The molecular formula is C36H39N3O8S. The van der Waals surface area contributed by atoms with Crippen LogP contribution in [-0.2, 0) is 16.0 Å². The van der Waals surface area contributed by atoms with Crippen LogP contribution in [0, 0.1) is 0 Å². The number of thiophene rings is 1. The Hall–Kier alpha value is -5.04. The number of carboxylic acids is 2. The van der Waals surface area contributed by atoms with Gasteiger partial charge < -0.3 is 35.8 Å². The van der Waals surface area contributed by atoms with E-state index in [0.29, 0.717) is 18.0 Å². The number of para-hydroxylation sites is 1. The molecule has 0 unspecified atom stereocenters. The molecule has 6 N–H and O–H groups in total. The van der Waals surface area contributed by atoms with Gasteiger partial charge in [0.15, 0.2) is 0 Å². The number of nitrogens with two attached hydrogens (primary N) is 1. The Kier molecular flexibility index (Phi) is 12.4. The number of benzene rings is 2. The van der Waals surface area contributed by atoms with Gasteiger partial charge in [-0.05, 0) is 73.5 Å². The second-order valence-electron chi connectivity index (χ2n) is 11.7. The molecule has 0 aliphatic heterocycles. The number of β-amino-alcohol motifs (C(OH)–C–C–N with tert-alkyl or cyclic N) is 1. The summed E-state index contributed by atoms with van der Waals surface area (Å²) < 4.78 is 12.1. The molecule has 0 bridgehead atoms. The first kappa shape index (κ1) is 35.8. The summed E-state index contributed by atoms with van der Waals surface area (Å²) in [6.45, 7) is 4.88. The molecule has 4 aromatic rings. The number of carbonyl (C=O) groups is 3. The Morgan fingerprint density at radius 3 is 2.31 bits per heavy atom. The van der Waals surface area contributed by atoms with Gasteiger partial charge in [0.05, 0.1) is 18.4 Å². The highest BCUT2D eigenvalue weighted by Crippen LogP contribution is 2.39. The van der Waals surface area contributed by atoms with Crippen molar-refractivity contribution < 1.29 is 39.2 Å². The maximum absolute atomic E-state index is 11.3. The molecule has 0 fully saturated rings. The molecule has 252 valence electrons. The summed E-state index contributed by atoms with van der Waals surface area (Å²) in [5, 5.41) is 32.0. The van der Waals surface area contributed by atoms with E-state index < -0.39 is 23.9 Å². The number of primary amides is 1. The molecular weight excluding hydrogens is 634 g/mol. The van der Waals surface area contributed by atoms with Gasteiger partial charge in [-0.2, -0.15) is 0 Å². The highest BCUT2D eigenvalue weighted by Gasteiger charge is 2.26. The van der Waals surface area contributed by atoms with Crippen molar-refractivity contribution in [3.63, 3.8) is 0 Å². The fraction of sp³-hybridized carbons (Fsp3) is 0.278. The summed E-state index contributed by atoms with van der Waals surface area (Å²) in [5.74, 6) is -0.760. The highest BCUT2D eigenvalue weighted by molar-refractivity contribution is 7.13. The first-order valence-corrected chi connectivity index (χ1v) is 16.2. The fourth-order valence-electron chi connectivity index (χ4n) is 4.99. The lowest BCUT2D eigenvalue weighted by Gasteiger charge is -2.29. The zero-order valence-electron chi connectivity index (χ0n) is 26.7.